The first kappa shape index (κ1) is 7.86. The van der Waals surface area contributed by atoms with E-state index in [0.717, 1.165) is 19.3 Å². The van der Waals surface area contributed by atoms with E-state index in [2.05, 4.69) is 16.7 Å². The van der Waals surface area contributed by atoms with Crippen LogP contribution in [0.5, 0.6) is 0 Å². The van der Waals surface area contributed by atoms with Crippen molar-refractivity contribution in [1.29, 1.82) is 0 Å². The maximum atomic E-state index is 9.79. The van der Waals surface area contributed by atoms with Crippen LogP contribution in [0.2, 0.25) is 0 Å². The molecule has 1 atom stereocenters. The molecule has 0 aliphatic heterocycles. The first-order chi connectivity index (χ1) is 5.29. The van der Waals surface area contributed by atoms with Gasteiger partial charge in [-0.25, -0.2) is 0 Å². The van der Waals surface area contributed by atoms with Crippen LogP contribution >= 0.6 is 0 Å². The van der Waals surface area contributed by atoms with Gasteiger partial charge < -0.3 is 4.84 Å². The zero-order valence-corrected chi connectivity index (χ0v) is 6.08. The first-order valence-electron chi connectivity index (χ1n) is 3.52. The molecule has 11 heavy (non-hydrogen) atoms. The molecule has 1 rings (SSSR count). The van der Waals surface area contributed by atoms with Gasteiger partial charge in [0.1, 0.15) is 6.61 Å². The predicted octanol–water partition coefficient (Wildman–Crippen LogP) is 0.998. The Morgan fingerprint density at radius 3 is 3.00 bits per heavy atom. The van der Waals surface area contributed by atoms with Crippen molar-refractivity contribution in [2.75, 3.05) is 6.61 Å². The van der Waals surface area contributed by atoms with Gasteiger partial charge in [0, 0.05) is 12.8 Å². The molecular weight excluding hydrogens is 146 g/mol. The second-order valence-electron chi connectivity index (χ2n) is 2.48. The van der Waals surface area contributed by atoms with Crippen molar-refractivity contribution in [2.24, 2.45) is 5.92 Å². The van der Waals surface area contributed by atoms with Crippen molar-refractivity contribution >= 4 is 0 Å². The van der Waals surface area contributed by atoms with Crippen molar-refractivity contribution in [1.82, 2.24) is 0 Å². The van der Waals surface area contributed by atoms with Gasteiger partial charge in [-0.15, -0.1) is 22.0 Å². The molecule has 0 fully saturated rings. The van der Waals surface area contributed by atoms with E-state index in [1.807, 2.05) is 0 Å². The smallest absolute Gasteiger partial charge is 0.294 e. The van der Waals surface area contributed by atoms with Crippen LogP contribution < -0.4 is 0 Å². The van der Waals surface area contributed by atoms with Crippen LogP contribution in [-0.2, 0) is 4.84 Å². The monoisotopic (exact) mass is 155 g/mol. The zero-order valence-electron chi connectivity index (χ0n) is 6.08. The Morgan fingerprint density at radius 2 is 2.45 bits per heavy atom. The second kappa shape index (κ2) is 3.81. The lowest BCUT2D eigenvalue weighted by molar-refractivity contribution is -0.759. The Bertz CT molecular complexity index is 203. The van der Waals surface area contributed by atoms with Gasteiger partial charge in [-0.2, -0.15) is 0 Å². The molecule has 0 radical (unpaired) electrons. The summed E-state index contributed by atoms with van der Waals surface area (Å²) in [6.45, 7) is 0.196. The van der Waals surface area contributed by atoms with E-state index in [0.29, 0.717) is 0 Å². The standard InChI is InChI=1S/C7H9NO3/c9-8(10)11-6-7-4-2-1-3-5-7/h7H,2,4-6H2. The Hall–Kier alpha value is -1.24. The van der Waals surface area contributed by atoms with E-state index in [1.165, 1.54) is 0 Å². The number of hydrogen-bond donors (Lipinski definition) is 0. The van der Waals surface area contributed by atoms with Crippen LogP contribution in [-0.4, -0.2) is 11.7 Å². The molecule has 60 valence electrons. The van der Waals surface area contributed by atoms with E-state index in [1.54, 1.807) is 0 Å². The third-order valence-corrected chi connectivity index (χ3v) is 1.61. The molecule has 0 N–H and O–H groups in total. The minimum atomic E-state index is -0.748. The Kier molecular flexibility index (Phi) is 2.73. The highest BCUT2D eigenvalue weighted by Crippen LogP contribution is 2.14. The summed E-state index contributed by atoms with van der Waals surface area (Å²) in [5, 5.41) is 9.04. The van der Waals surface area contributed by atoms with Crippen LogP contribution in [0.4, 0.5) is 0 Å². The highest BCUT2D eigenvalue weighted by molar-refractivity contribution is 5.04. The first-order valence-corrected chi connectivity index (χ1v) is 3.52. The van der Waals surface area contributed by atoms with E-state index >= 15 is 0 Å². The highest BCUT2D eigenvalue weighted by Gasteiger charge is 2.11. The molecule has 0 amide bonds. The van der Waals surface area contributed by atoms with Gasteiger partial charge >= 0.3 is 0 Å². The second-order valence-corrected chi connectivity index (χ2v) is 2.48. The average Bonchev–Trinajstić information content (AvgIpc) is 2.03. The van der Waals surface area contributed by atoms with Gasteiger partial charge in [0.05, 0.1) is 0 Å². The molecule has 0 spiro atoms. The van der Waals surface area contributed by atoms with E-state index in [-0.39, 0.29) is 12.5 Å². The predicted molar refractivity (Wildman–Crippen MR) is 38.1 cm³/mol. The van der Waals surface area contributed by atoms with E-state index in [9.17, 15) is 10.1 Å². The molecule has 0 aromatic rings. The minimum absolute atomic E-state index is 0.196. The summed E-state index contributed by atoms with van der Waals surface area (Å²) in [5.74, 6) is 6.08. The van der Waals surface area contributed by atoms with Gasteiger partial charge in [0.15, 0.2) is 0 Å². The fraction of sp³-hybridized carbons (Fsp3) is 0.714. The molecule has 4 heteroatoms. The molecular formula is C7H9NO3. The lowest BCUT2D eigenvalue weighted by atomic mass is 9.97. The Balaban J connectivity index is 2.18. The fourth-order valence-corrected chi connectivity index (χ4v) is 0.992. The molecule has 1 aliphatic rings. The lowest BCUT2D eigenvalue weighted by Crippen LogP contribution is -2.13. The number of rotatable bonds is 3. The van der Waals surface area contributed by atoms with Crippen molar-refractivity contribution in [2.45, 2.75) is 19.3 Å². The Labute approximate surface area is 64.6 Å². The van der Waals surface area contributed by atoms with Crippen LogP contribution in [0.1, 0.15) is 19.3 Å². The third-order valence-electron chi connectivity index (χ3n) is 1.61. The summed E-state index contributed by atoms with van der Waals surface area (Å²) in [7, 11) is 0. The van der Waals surface area contributed by atoms with Gasteiger partial charge in [0.2, 0.25) is 0 Å². The normalized spacial score (nSPS) is 21.6. The zero-order chi connectivity index (χ0) is 8.10. The van der Waals surface area contributed by atoms with Crippen molar-refractivity contribution < 1.29 is 9.92 Å². The molecule has 1 unspecified atom stereocenters. The van der Waals surface area contributed by atoms with Crippen LogP contribution in [0.25, 0.3) is 0 Å². The van der Waals surface area contributed by atoms with Crippen LogP contribution in [0.15, 0.2) is 0 Å². The van der Waals surface area contributed by atoms with Gasteiger partial charge in [-0.1, -0.05) is 0 Å². The molecule has 4 nitrogen and oxygen atoms in total. The van der Waals surface area contributed by atoms with Gasteiger partial charge in [0.25, 0.3) is 5.09 Å². The van der Waals surface area contributed by atoms with Gasteiger partial charge in [-0.3, -0.25) is 0 Å². The van der Waals surface area contributed by atoms with Crippen LogP contribution in [0.3, 0.4) is 0 Å². The molecule has 0 saturated heterocycles. The Morgan fingerprint density at radius 1 is 1.64 bits per heavy atom. The SMILES string of the molecule is O=[N+]([O-])OCC1CC#CCC1. The summed E-state index contributed by atoms with van der Waals surface area (Å²) < 4.78 is 0. The number of nitrogens with zero attached hydrogens (tertiary/aromatic N) is 1. The summed E-state index contributed by atoms with van der Waals surface area (Å²) in [5.41, 5.74) is 0. The number of hydrogen-bond acceptors (Lipinski definition) is 3. The van der Waals surface area contributed by atoms with Gasteiger partial charge in [-0.05, 0) is 12.3 Å². The topological polar surface area (TPSA) is 52.4 Å². The summed E-state index contributed by atoms with van der Waals surface area (Å²) >= 11 is 0. The summed E-state index contributed by atoms with van der Waals surface area (Å²) in [6.07, 6.45) is 2.49. The van der Waals surface area contributed by atoms with E-state index in [4.69, 9.17) is 0 Å². The maximum Gasteiger partial charge on any atom is 0.294 e. The quantitative estimate of drug-likeness (QED) is 0.347. The summed E-state index contributed by atoms with van der Waals surface area (Å²) in [6, 6.07) is 0. The summed E-state index contributed by atoms with van der Waals surface area (Å²) in [4.78, 5) is 14.0. The fourth-order valence-electron chi connectivity index (χ4n) is 0.992. The molecule has 0 aromatic carbocycles. The molecule has 0 heterocycles. The lowest BCUT2D eigenvalue weighted by Gasteiger charge is -2.12. The van der Waals surface area contributed by atoms with Crippen molar-refractivity contribution in [3.8, 4) is 11.8 Å². The molecule has 0 aromatic heterocycles. The highest BCUT2D eigenvalue weighted by atomic mass is 16.9. The third kappa shape index (κ3) is 2.89. The van der Waals surface area contributed by atoms with Crippen molar-refractivity contribution in [3.63, 3.8) is 0 Å². The van der Waals surface area contributed by atoms with E-state index < -0.39 is 5.09 Å². The molecule has 1 aliphatic carbocycles. The largest absolute Gasteiger partial charge is 0.314 e. The average molecular weight is 155 g/mol. The van der Waals surface area contributed by atoms with Crippen molar-refractivity contribution in [3.05, 3.63) is 10.1 Å². The minimum Gasteiger partial charge on any atom is -0.314 e. The molecule has 0 saturated carbocycles. The maximum absolute atomic E-state index is 9.79. The molecule has 0 bridgehead atoms. The van der Waals surface area contributed by atoms with Crippen LogP contribution in [0, 0.1) is 27.9 Å².